The molecule has 1 saturated heterocycles. The summed E-state index contributed by atoms with van der Waals surface area (Å²) in [6, 6.07) is 7.68. The van der Waals surface area contributed by atoms with Gasteiger partial charge in [0.2, 0.25) is 5.91 Å². The zero-order valence-electron chi connectivity index (χ0n) is 16.7. The molecule has 3 aromatic rings. The van der Waals surface area contributed by atoms with Gasteiger partial charge in [-0.3, -0.25) is 14.2 Å². The SMILES string of the molecule is CCc1ccccc1NC(=O)Cn1cnc2nc(N3CCC[C@H](C)C3)sc2c1=O. The third-order valence-electron chi connectivity index (χ3n) is 5.29. The molecule has 1 fully saturated rings. The summed E-state index contributed by atoms with van der Waals surface area (Å²) >= 11 is 1.37. The highest BCUT2D eigenvalue weighted by atomic mass is 32.1. The van der Waals surface area contributed by atoms with Gasteiger partial charge in [-0.15, -0.1) is 0 Å². The van der Waals surface area contributed by atoms with Crippen LogP contribution in [0.5, 0.6) is 0 Å². The third-order valence-corrected chi connectivity index (χ3v) is 6.38. The minimum absolute atomic E-state index is 0.0756. The molecule has 7 nitrogen and oxygen atoms in total. The molecule has 1 aliphatic rings. The number of thiazole rings is 1. The molecule has 1 amide bonds. The van der Waals surface area contributed by atoms with E-state index in [9.17, 15) is 9.59 Å². The Labute approximate surface area is 173 Å². The number of hydrogen-bond donors (Lipinski definition) is 1. The number of aromatic nitrogens is 3. The van der Waals surface area contributed by atoms with Crippen LogP contribution in [0.4, 0.5) is 10.8 Å². The number of benzene rings is 1. The van der Waals surface area contributed by atoms with Gasteiger partial charge in [0, 0.05) is 18.8 Å². The molecule has 0 radical (unpaired) electrons. The summed E-state index contributed by atoms with van der Waals surface area (Å²) in [6.07, 6.45) is 4.60. The first-order valence-corrected chi connectivity index (χ1v) is 10.9. The zero-order valence-corrected chi connectivity index (χ0v) is 17.5. The number of carbonyl (C=O) groups is 1. The molecule has 29 heavy (non-hydrogen) atoms. The van der Waals surface area contributed by atoms with Crippen LogP contribution in [-0.4, -0.2) is 33.5 Å². The lowest BCUT2D eigenvalue weighted by Gasteiger charge is -2.30. The summed E-state index contributed by atoms with van der Waals surface area (Å²) in [7, 11) is 0. The number of para-hydroxylation sites is 1. The molecule has 2 aromatic heterocycles. The fourth-order valence-corrected chi connectivity index (χ4v) is 4.75. The molecule has 4 rings (SSSR count). The van der Waals surface area contributed by atoms with Crippen LogP contribution in [0.3, 0.4) is 0 Å². The van der Waals surface area contributed by atoms with Crippen molar-refractivity contribution in [3.8, 4) is 0 Å². The van der Waals surface area contributed by atoms with E-state index in [2.05, 4.69) is 27.1 Å². The summed E-state index contributed by atoms with van der Waals surface area (Å²) in [5.41, 5.74) is 2.08. The molecule has 1 atom stereocenters. The van der Waals surface area contributed by atoms with Crippen molar-refractivity contribution in [2.75, 3.05) is 23.3 Å². The highest BCUT2D eigenvalue weighted by Crippen LogP contribution is 2.29. The smallest absolute Gasteiger partial charge is 0.273 e. The van der Waals surface area contributed by atoms with E-state index in [1.165, 1.54) is 28.7 Å². The van der Waals surface area contributed by atoms with E-state index in [-0.39, 0.29) is 18.0 Å². The topological polar surface area (TPSA) is 80.1 Å². The summed E-state index contributed by atoms with van der Waals surface area (Å²) in [6.45, 7) is 6.11. The fraction of sp³-hybridized carbons (Fsp3) is 0.429. The average Bonchev–Trinajstić information content (AvgIpc) is 3.16. The van der Waals surface area contributed by atoms with E-state index >= 15 is 0 Å². The Morgan fingerprint density at radius 1 is 1.34 bits per heavy atom. The summed E-state index contributed by atoms with van der Waals surface area (Å²) in [5, 5.41) is 3.74. The van der Waals surface area contributed by atoms with E-state index < -0.39 is 0 Å². The molecule has 152 valence electrons. The molecule has 0 aliphatic carbocycles. The lowest BCUT2D eigenvalue weighted by atomic mass is 10.0. The maximum atomic E-state index is 12.9. The first-order chi connectivity index (χ1) is 14.0. The maximum Gasteiger partial charge on any atom is 0.273 e. The molecule has 0 bridgehead atoms. The van der Waals surface area contributed by atoms with Crippen LogP contribution < -0.4 is 15.8 Å². The Balaban J connectivity index is 1.54. The number of amides is 1. The van der Waals surface area contributed by atoms with Crippen molar-refractivity contribution in [2.24, 2.45) is 5.92 Å². The van der Waals surface area contributed by atoms with Crippen molar-refractivity contribution in [3.63, 3.8) is 0 Å². The minimum Gasteiger partial charge on any atom is -0.348 e. The van der Waals surface area contributed by atoms with Crippen molar-refractivity contribution in [1.82, 2.24) is 14.5 Å². The predicted molar refractivity (Wildman–Crippen MR) is 117 cm³/mol. The van der Waals surface area contributed by atoms with E-state index in [0.29, 0.717) is 16.3 Å². The van der Waals surface area contributed by atoms with Crippen LogP contribution in [0.2, 0.25) is 0 Å². The fourth-order valence-electron chi connectivity index (χ4n) is 3.74. The average molecular weight is 412 g/mol. The van der Waals surface area contributed by atoms with Gasteiger partial charge < -0.3 is 10.2 Å². The van der Waals surface area contributed by atoms with E-state index in [4.69, 9.17) is 0 Å². The van der Waals surface area contributed by atoms with Crippen molar-refractivity contribution in [1.29, 1.82) is 0 Å². The van der Waals surface area contributed by atoms with Crippen molar-refractivity contribution in [3.05, 3.63) is 46.5 Å². The van der Waals surface area contributed by atoms with Crippen LogP contribution in [0, 0.1) is 5.92 Å². The second-order valence-corrected chi connectivity index (χ2v) is 8.56. The van der Waals surface area contributed by atoms with Crippen molar-refractivity contribution < 1.29 is 4.79 Å². The molecule has 0 spiro atoms. The monoisotopic (exact) mass is 411 g/mol. The van der Waals surface area contributed by atoms with E-state index in [0.717, 1.165) is 42.3 Å². The summed E-state index contributed by atoms with van der Waals surface area (Å²) in [4.78, 5) is 36.5. The molecular formula is C21H25N5O2S. The third kappa shape index (κ3) is 4.17. The highest BCUT2D eigenvalue weighted by molar-refractivity contribution is 7.22. The normalized spacial score (nSPS) is 16.9. The van der Waals surface area contributed by atoms with Crippen LogP contribution in [0.1, 0.15) is 32.3 Å². The highest BCUT2D eigenvalue weighted by Gasteiger charge is 2.21. The first-order valence-electron chi connectivity index (χ1n) is 10.0. The molecule has 1 aliphatic heterocycles. The number of piperidine rings is 1. The summed E-state index contributed by atoms with van der Waals surface area (Å²) < 4.78 is 1.86. The lowest BCUT2D eigenvalue weighted by molar-refractivity contribution is -0.116. The van der Waals surface area contributed by atoms with Crippen molar-refractivity contribution >= 4 is 38.4 Å². The second-order valence-electron chi connectivity index (χ2n) is 7.58. The Morgan fingerprint density at radius 2 is 2.17 bits per heavy atom. The van der Waals surface area contributed by atoms with Gasteiger partial charge in [-0.1, -0.05) is 43.4 Å². The first kappa shape index (κ1) is 19.6. The minimum atomic E-state index is -0.247. The van der Waals surface area contributed by atoms with Crippen LogP contribution >= 0.6 is 11.3 Å². The number of rotatable bonds is 5. The number of nitrogens with zero attached hydrogens (tertiary/aromatic N) is 4. The van der Waals surface area contributed by atoms with Crippen molar-refractivity contribution in [2.45, 2.75) is 39.7 Å². The van der Waals surface area contributed by atoms with Gasteiger partial charge in [0.25, 0.3) is 5.56 Å². The Hall–Kier alpha value is -2.74. The van der Waals surface area contributed by atoms with Gasteiger partial charge in [0.15, 0.2) is 10.8 Å². The van der Waals surface area contributed by atoms with Gasteiger partial charge >= 0.3 is 0 Å². The number of anilines is 2. The Kier molecular flexibility index (Phi) is 5.62. The number of nitrogens with one attached hydrogen (secondary N) is 1. The van der Waals surface area contributed by atoms with Crippen LogP contribution in [0.15, 0.2) is 35.4 Å². The molecule has 1 aromatic carbocycles. The van der Waals surface area contributed by atoms with Crippen LogP contribution in [-0.2, 0) is 17.8 Å². The van der Waals surface area contributed by atoms with Gasteiger partial charge in [-0.05, 0) is 36.8 Å². The van der Waals surface area contributed by atoms with Gasteiger partial charge in [-0.25, -0.2) is 4.98 Å². The Bertz CT molecular complexity index is 1090. The molecule has 3 heterocycles. The van der Waals surface area contributed by atoms with Gasteiger partial charge in [0.05, 0.1) is 0 Å². The molecule has 1 N–H and O–H groups in total. The molecule has 0 saturated carbocycles. The standard InChI is InChI=1S/C21H25N5O2S/c1-3-15-8-4-5-9-16(15)23-17(27)12-26-13-22-19-18(20(26)28)29-21(24-19)25-10-6-7-14(2)11-25/h4-5,8-9,13-14H,3,6-7,10-12H2,1-2H3,(H,23,27)/t14-/m0/s1. The predicted octanol–water partition coefficient (Wildman–Crippen LogP) is 3.29. The Morgan fingerprint density at radius 3 is 2.97 bits per heavy atom. The second kappa shape index (κ2) is 8.32. The largest absolute Gasteiger partial charge is 0.348 e. The number of carbonyl (C=O) groups excluding carboxylic acids is 1. The molecule has 8 heteroatoms. The van der Waals surface area contributed by atoms with Gasteiger partial charge in [0.1, 0.15) is 17.6 Å². The van der Waals surface area contributed by atoms with E-state index in [1.54, 1.807) is 0 Å². The lowest BCUT2D eigenvalue weighted by Crippen LogP contribution is -2.34. The quantitative estimate of drug-likeness (QED) is 0.697. The molecular weight excluding hydrogens is 386 g/mol. The zero-order chi connectivity index (χ0) is 20.4. The number of hydrogen-bond acceptors (Lipinski definition) is 6. The number of fused-ring (bicyclic) bond motifs is 1. The maximum absolute atomic E-state index is 12.9. The van der Waals surface area contributed by atoms with E-state index in [1.807, 2.05) is 31.2 Å². The number of aryl methyl sites for hydroxylation is 1. The summed E-state index contributed by atoms with van der Waals surface area (Å²) in [5.74, 6) is 0.374. The van der Waals surface area contributed by atoms with Crippen LogP contribution in [0.25, 0.3) is 10.3 Å². The van der Waals surface area contributed by atoms with Gasteiger partial charge in [-0.2, -0.15) is 4.98 Å². The molecule has 0 unspecified atom stereocenters.